The summed E-state index contributed by atoms with van der Waals surface area (Å²) in [6.45, 7) is 6.48. The summed E-state index contributed by atoms with van der Waals surface area (Å²) in [5.74, 6) is 0. The highest BCUT2D eigenvalue weighted by Gasteiger charge is 2.25. The molecule has 0 bridgehead atoms. The van der Waals surface area contributed by atoms with Crippen LogP contribution in [0.2, 0.25) is 0 Å². The summed E-state index contributed by atoms with van der Waals surface area (Å²) < 4.78 is 0. The Balaban J connectivity index is 2.60. The van der Waals surface area contributed by atoms with Crippen molar-refractivity contribution >= 4 is 0 Å². The monoisotopic (exact) mass is 237 g/mol. The molecule has 0 fully saturated rings. The van der Waals surface area contributed by atoms with Gasteiger partial charge in [0.2, 0.25) is 0 Å². The fourth-order valence-corrected chi connectivity index (χ4v) is 1.81. The van der Waals surface area contributed by atoms with E-state index in [9.17, 15) is 10.2 Å². The van der Waals surface area contributed by atoms with Gasteiger partial charge in [0, 0.05) is 18.5 Å². The van der Waals surface area contributed by atoms with Gasteiger partial charge in [-0.2, -0.15) is 0 Å². The van der Waals surface area contributed by atoms with Crippen LogP contribution in [0.5, 0.6) is 0 Å². The molecular formula is C14H23NO2. The molecule has 0 heterocycles. The van der Waals surface area contributed by atoms with Gasteiger partial charge in [-0.25, -0.2) is 0 Å². The molecule has 0 saturated heterocycles. The van der Waals surface area contributed by atoms with E-state index in [1.54, 1.807) is 0 Å². The van der Waals surface area contributed by atoms with Gasteiger partial charge in [0.05, 0.1) is 13.2 Å². The lowest BCUT2D eigenvalue weighted by Crippen LogP contribution is -2.40. The Morgan fingerprint density at radius 2 is 1.71 bits per heavy atom. The Morgan fingerprint density at radius 1 is 1.12 bits per heavy atom. The number of rotatable bonds is 7. The van der Waals surface area contributed by atoms with Crippen molar-refractivity contribution in [3.8, 4) is 0 Å². The zero-order valence-electron chi connectivity index (χ0n) is 10.8. The van der Waals surface area contributed by atoms with Crippen molar-refractivity contribution in [2.75, 3.05) is 26.3 Å². The summed E-state index contributed by atoms with van der Waals surface area (Å²) in [5.41, 5.74) is 0.831. The molecule has 1 rings (SSSR count). The summed E-state index contributed by atoms with van der Waals surface area (Å²) >= 11 is 0. The van der Waals surface area contributed by atoms with Crippen molar-refractivity contribution in [3.63, 3.8) is 0 Å². The number of hydrogen-bond donors (Lipinski definition) is 2. The Morgan fingerprint density at radius 3 is 2.18 bits per heavy atom. The summed E-state index contributed by atoms with van der Waals surface area (Å²) in [6, 6.07) is 10.3. The molecule has 0 aromatic heterocycles. The molecule has 1 aromatic carbocycles. The number of aliphatic hydroxyl groups excluding tert-OH is 2. The molecular weight excluding hydrogens is 214 g/mol. The van der Waals surface area contributed by atoms with Gasteiger partial charge in [0.15, 0.2) is 0 Å². The van der Waals surface area contributed by atoms with Gasteiger partial charge in [0.25, 0.3) is 0 Å². The summed E-state index contributed by atoms with van der Waals surface area (Å²) in [7, 11) is 0. The molecule has 96 valence electrons. The Bertz CT molecular complexity index is 309. The van der Waals surface area contributed by atoms with Crippen LogP contribution < -0.4 is 0 Å². The van der Waals surface area contributed by atoms with E-state index in [4.69, 9.17) is 0 Å². The Labute approximate surface area is 104 Å². The van der Waals surface area contributed by atoms with E-state index in [0.717, 1.165) is 13.1 Å². The number of hydrogen-bond acceptors (Lipinski definition) is 3. The Kier molecular flexibility index (Phi) is 5.62. The van der Waals surface area contributed by atoms with E-state index >= 15 is 0 Å². The average molecular weight is 237 g/mol. The maximum atomic E-state index is 9.31. The van der Waals surface area contributed by atoms with Crippen molar-refractivity contribution in [1.29, 1.82) is 0 Å². The lowest BCUT2D eigenvalue weighted by molar-refractivity contribution is 0.0343. The van der Waals surface area contributed by atoms with E-state index in [1.165, 1.54) is 5.56 Å². The van der Waals surface area contributed by atoms with Gasteiger partial charge < -0.3 is 10.2 Å². The minimum Gasteiger partial charge on any atom is -0.396 e. The highest BCUT2D eigenvalue weighted by Crippen LogP contribution is 2.17. The molecule has 2 N–H and O–H groups in total. The zero-order valence-corrected chi connectivity index (χ0v) is 10.8. The summed E-state index contributed by atoms with van der Waals surface area (Å²) in [4.78, 5) is 2.24. The van der Waals surface area contributed by atoms with Gasteiger partial charge in [-0.1, -0.05) is 44.2 Å². The van der Waals surface area contributed by atoms with Gasteiger partial charge in [0.1, 0.15) is 0 Å². The van der Waals surface area contributed by atoms with Crippen molar-refractivity contribution in [3.05, 3.63) is 35.9 Å². The normalized spacial score (nSPS) is 12.1. The minimum absolute atomic E-state index is 0.00872. The molecule has 0 saturated carbocycles. The number of nitrogens with zero attached hydrogens (tertiary/aromatic N) is 1. The molecule has 3 nitrogen and oxygen atoms in total. The summed E-state index contributed by atoms with van der Waals surface area (Å²) in [6.07, 6.45) is 0. The van der Waals surface area contributed by atoms with Gasteiger partial charge in [-0.3, -0.25) is 4.90 Å². The highest BCUT2D eigenvalue weighted by molar-refractivity contribution is 5.14. The largest absolute Gasteiger partial charge is 0.396 e. The van der Waals surface area contributed by atoms with E-state index in [2.05, 4.69) is 24.0 Å². The van der Waals surface area contributed by atoms with E-state index in [1.807, 2.05) is 25.1 Å². The van der Waals surface area contributed by atoms with Crippen molar-refractivity contribution < 1.29 is 10.2 Å². The smallest absolute Gasteiger partial charge is 0.0519 e. The van der Waals surface area contributed by atoms with Crippen LogP contribution in [0, 0.1) is 5.41 Å². The maximum Gasteiger partial charge on any atom is 0.0519 e. The highest BCUT2D eigenvalue weighted by atomic mass is 16.3. The number of aliphatic hydroxyl groups is 2. The van der Waals surface area contributed by atoms with E-state index in [0.29, 0.717) is 6.54 Å². The van der Waals surface area contributed by atoms with E-state index in [-0.39, 0.29) is 13.2 Å². The van der Waals surface area contributed by atoms with Crippen LogP contribution in [0.1, 0.15) is 19.4 Å². The van der Waals surface area contributed by atoms with Crippen LogP contribution in [0.15, 0.2) is 30.3 Å². The van der Waals surface area contributed by atoms with Crippen LogP contribution in [0.3, 0.4) is 0 Å². The fourth-order valence-electron chi connectivity index (χ4n) is 1.81. The quantitative estimate of drug-likeness (QED) is 0.755. The third-order valence-electron chi connectivity index (χ3n) is 3.06. The third-order valence-corrected chi connectivity index (χ3v) is 3.06. The summed E-state index contributed by atoms with van der Waals surface area (Å²) in [5, 5.41) is 18.6. The molecule has 0 aliphatic heterocycles. The SMILES string of the molecule is CCN(Cc1ccccc1)CC(C)(CO)CO. The van der Waals surface area contributed by atoms with Crippen molar-refractivity contribution in [2.45, 2.75) is 20.4 Å². The minimum atomic E-state index is -0.426. The average Bonchev–Trinajstić information content (AvgIpc) is 2.39. The second kappa shape index (κ2) is 6.74. The van der Waals surface area contributed by atoms with Crippen LogP contribution in [0.4, 0.5) is 0 Å². The molecule has 1 aromatic rings. The Hall–Kier alpha value is -0.900. The van der Waals surface area contributed by atoms with Crippen molar-refractivity contribution in [2.24, 2.45) is 5.41 Å². The molecule has 0 radical (unpaired) electrons. The first-order chi connectivity index (χ1) is 8.13. The van der Waals surface area contributed by atoms with Gasteiger partial charge in [-0.15, -0.1) is 0 Å². The van der Waals surface area contributed by atoms with Gasteiger partial charge >= 0.3 is 0 Å². The molecule has 0 amide bonds. The molecule has 0 aliphatic carbocycles. The molecule has 3 heteroatoms. The number of benzene rings is 1. The molecule has 0 atom stereocenters. The maximum absolute atomic E-state index is 9.31. The lowest BCUT2D eigenvalue weighted by atomic mass is 9.92. The van der Waals surface area contributed by atoms with Crippen LogP contribution in [0.25, 0.3) is 0 Å². The predicted molar refractivity (Wildman–Crippen MR) is 69.7 cm³/mol. The zero-order chi connectivity index (χ0) is 12.7. The van der Waals surface area contributed by atoms with Crippen LogP contribution >= 0.6 is 0 Å². The topological polar surface area (TPSA) is 43.7 Å². The first-order valence-electron chi connectivity index (χ1n) is 6.11. The molecule has 0 spiro atoms. The first kappa shape index (κ1) is 14.2. The second-order valence-corrected chi connectivity index (χ2v) is 4.92. The third kappa shape index (κ3) is 4.46. The standard InChI is InChI=1S/C14H23NO2/c1-3-15(10-14(2,11-16)12-17)9-13-7-5-4-6-8-13/h4-8,16-17H,3,9-12H2,1-2H3. The van der Waals surface area contributed by atoms with Crippen LogP contribution in [-0.4, -0.2) is 41.4 Å². The van der Waals surface area contributed by atoms with Crippen molar-refractivity contribution in [1.82, 2.24) is 4.90 Å². The molecule has 0 unspecified atom stereocenters. The first-order valence-corrected chi connectivity index (χ1v) is 6.11. The fraction of sp³-hybridized carbons (Fsp3) is 0.571. The second-order valence-electron chi connectivity index (χ2n) is 4.92. The van der Waals surface area contributed by atoms with Gasteiger partial charge in [-0.05, 0) is 12.1 Å². The van der Waals surface area contributed by atoms with E-state index < -0.39 is 5.41 Å². The molecule has 0 aliphatic rings. The van der Waals surface area contributed by atoms with Crippen LogP contribution in [-0.2, 0) is 6.54 Å². The molecule has 17 heavy (non-hydrogen) atoms. The predicted octanol–water partition coefficient (Wildman–Crippen LogP) is 1.50. The lowest BCUT2D eigenvalue weighted by Gasteiger charge is -2.32.